The standard InChI is InChI=1S/C17H16O/c1-3-13-9-5-7-11-15(13)17(18)16-12-8-6-10-14(16)4-2/h1,4,6,8,10,12H,2,5,7,9,11H2. The molecule has 0 atom stereocenters. The number of benzene rings is 1. The molecule has 1 aliphatic rings. The van der Waals surface area contributed by atoms with Crippen molar-refractivity contribution in [3.05, 3.63) is 53.1 Å². The Bertz CT molecular complexity index is 555. The van der Waals surface area contributed by atoms with Crippen LogP contribution in [0.2, 0.25) is 0 Å². The number of allylic oxidation sites excluding steroid dienone is 2. The molecule has 0 amide bonds. The van der Waals surface area contributed by atoms with Gasteiger partial charge in [-0.3, -0.25) is 4.79 Å². The molecule has 1 aromatic rings. The highest BCUT2D eigenvalue weighted by Crippen LogP contribution is 2.28. The number of hydrogen-bond acceptors (Lipinski definition) is 1. The molecule has 90 valence electrons. The number of Topliss-reactive ketones (excluding diaryl/α,β-unsaturated/α-hetero) is 1. The number of ketones is 1. The lowest BCUT2D eigenvalue weighted by Crippen LogP contribution is -2.11. The van der Waals surface area contributed by atoms with Gasteiger partial charge in [-0.1, -0.05) is 42.8 Å². The molecule has 0 saturated carbocycles. The fourth-order valence-corrected chi connectivity index (χ4v) is 2.36. The van der Waals surface area contributed by atoms with Crippen molar-refractivity contribution in [2.75, 3.05) is 0 Å². The monoisotopic (exact) mass is 236 g/mol. The predicted molar refractivity (Wildman–Crippen MR) is 75.2 cm³/mol. The summed E-state index contributed by atoms with van der Waals surface area (Å²) in [7, 11) is 0. The molecule has 0 aromatic heterocycles. The van der Waals surface area contributed by atoms with E-state index < -0.39 is 0 Å². The van der Waals surface area contributed by atoms with E-state index in [1.807, 2.05) is 24.3 Å². The van der Waals surface area contributed by atoms with Crippen molar-refractivity contribution >= 4 is 11.9 Å². The number of rotatable bonds is 3. The van der Waals surface area contributed by atoms with Crippen molar-refractivity contribution in [3.8, 4) is 12.3 Å². The highest BCUT2D eigenvalue weighted by molar-refractivity contribution is 6.11. The Morgan fingerprint density at radius 3 is 2.72 bits per heavy atom. The largest absolute Gasteiger partial charge is 0.289 e. The summed E-state index contributed by atoms with van der Waals surface area (Å²) in [6.45, 7) is 3.75. The number of hydrogen-bond donors (Lipinski definition) is 0. The van der Waals surface area contributed by atoms with Crippen LogP contribution < -0.4 is 0 Å². The first-order valence-electron chi connectivity index (χ1n) is 6.22. The van der Waals surface area contributed by atoms with E-state index in [9.17, 15) is 4.79 Å². The molecular formula is C17H16O. The topological polar surface area (TPSA) is 17.1 Å². The fourth-order valence-electron chi connectivity index (χ4n) is 2.36. The van der Waals surface area contributed by atoms with Crippen molar-refractivity contribution in [2.24, 2.45) is 0 Å². The summed E-state index contributed by atoms with van der Waals surface area (Å²) >= 11 is 0. The minimum Gasteiger partial charge on any atom is -0.289 e. The molecule has 18 heavy (non-hydrogen) atoms. The quantitative estimate of drug-likeness (QED) is 0.572. The third-order valence-corrected chi connectivity index (χ3v) is 3.34. The molecule has 0 fully saturated rings. The van der Waals surface area contributed by atoms with Crippen molar-refractivity contribution < 1.29 is 4.79 Å². The second-order valence-corrected chi connectivity index (χ2v) is 4.43. The Morgan fingerprint density at radius 1 is 1.28 bits per heavy atom. The Labute approximate surface area is 108 Å². The molecule has 0 radical (unpaired) electrons. The second-order valence-electron chi connectivity index (χ2n) is 4.43. The second kappa shape index (κ2) is 5.51. The normalized spacial score (nSPS) is 15.1. The molecular weight excluding hydrogens is 220 g/mol. The van der Waals surface area contributed by atoms with Gasteiger partial charge < -0.3 is 0 Å². The third-order valence-electron chi connectivity index (χ3n) is 3.34. The van der Waals surface area contributed by atoms with Crippen LogP contribution in [0.3, 0.4) is 0 Å². The van der Waals surface area contributed by atoms with E-state index in [-0.39, 0.29) is 5.78 Å². The molecule has 0 aliphatic heterocycles. The highest BCUT2D eigenvalue weighted by atomic mass is 16.1. The van der Waals surface area contributed by atoms with Crippen molar-refractivity contribution in [1.82, 2.24) is 0 Å². The van der Waals surface area contributed by atoms with Gasteiger partial charge in [-0.15, -0.1) is 6.42 Å². The first-order valence-corrected chi connectivity index (χ1v) is 6.22. The zero-order valence-electron chi connectivity index (χ0n) is 10.4. The number of terminal acetylenes is 1. The van der Waals surface area contributed by atoms with Crippen LogP contribution in [0.15, 0.2) is 42.0 Å². The molecule has 0 heterocycles. The molecule has 1 heteroatoms. The molecule has 0 N–H and O–H groups in total. The summed E-state index contributed by atoms with van der Waals surface area (Å²) in [4.78, 5) is 12.5. The summed E-state index contributed by atoms with van der Waals surface area (Å²) < 4.78 is 0. The van der Waals surface area contributed by atoms with E-state index in [2.05, 4.69) is 12.5 Å². The lowest BCUT2D eigenvalue weighted by Gasteiger charge is -2.16. The zero-order valence-corrected chi connectivity index (χ0v) is 10.4. The van der Waals surface area contributed by atoms with Gasteiger partial charge in [-0.25, -0.2) is 0 Å². The molecule has 0 unspecified atom stereocenters. The van der Waals surface area contributed by atoms with Gasteiger partial charge in [-0.2, -0.15) is 0 Å². The summed E-state index contributed by atoms with van der Waals surface area (Å²) in [5.74, 6) is 2.74. The third kappa shape index (κ3) is 2.28. The Hall–Kier alpha value is -2.07. The lowest BCUT2D eigenvalue weighted by atomic mass is 9.86. The first kappa shape index (κ1) is 12.4. The van der Waals surface area contributed by atoms with Gasteiger partial charge in [0, 0.05) is 16.7 Å². The minimum atomic E-state index is 0.0677. The van der Waals surface area contributed by atoms with Crippen LogP contribution in [0.1, 0.15) is 41.6 Å². The smallest absolute Gasteiger partial charge is 0.190 e. The van der Waals surface area contributed by atoms with E-state index in [4.69, 9.17) is 6.42 Å². The minimum absolute atomic E-state index is 0.0677. The van der Waals surface area contributed by atoms with Gasteiger partial charge in [0.2, 0.25) is 0 Å². The average molecular weight is 236 g/mol. The fraction of sp³-hybridized carbons (Fsp3) is 0.235. The van der Waals surface area contributed by atoms with Crippen LogP contribution in [0, 0.1) is 12.3 Å². The van der Waals surface area contributed by atoms with Crippen molar-refractivity contribution in [2.45, 2.75) is 25.7 Å². The Morgan fingerprint density at radius 2 is 2.00 bits per heavy atom. The molecule has 0 bridgehead atoms. The Balaban J connectivity index is 2.45. The molecule has 2 rings (SSSR count). The maximum atomic E-state index is 12.5. The molecule has 0 saturated heterocycles. The van der Waals surface area contributed by atoms with Gasteiger partial charge in [0.05, 0.1) is 0 Å². The summed E-state index contributed by atoms with van der Waals surface area (Å²) in [6.07, 6.45) is 11.0. The van der Waals surface area contributed by atoms with E-state index in [0.717, 1.165) is 42.4 Å². The van der Waals surface area contributed by atoms with E-state index in [1.54, 1.807) is 6.08 Å². The maximum absolute atomic E-state index is 12.5. The van der Waals surface area contributed by atoms with Crippen LogP contribution in [0.4, 0.5) is 0 Å². The van der Waals surface area contributed by atoms with Crippen LogP contribution in [-0.2, 0) is 0 Å². The lowest BCUT2D eigenvalue weighted by molar-refractivity contribution is 0.102. The predicted octanol–water partition coefficient (Wildman–Crippen LogP) is 4.02. The molecule has 1 aromatic carbocycles. The van der Waals surface area contributed by atoms with Crippen LogP contribution in [0.25, 0.3) is 6.08 Å². The summed E-state index contributed by atoms with van der Waals surface area (Å²) in [5, 5.41) is 0. The first-order chi connectivity index (χ1) is 8.77. The maximum Gasteiger partial charge on any atom is 0.190 e. The SMILES string of the molecule is C#CC1=C(C(=O)c2ccccc2C=C)CCCC1. The van der Waals surface area contributed by atoms with Gasteiger partial charge >= 0.3 is 0 Å². The van der Waals surface area contributed by atoms with Crippen LogP contribution >= 0.6 is 0 Å². The van der Waals surface area contributed by atoms with Gasteiger partial charge in [0.1, 0.15) is 0 Å². The number of carbonyl (C=O) groups excluding carboxylic acids is 1. The molecule has 1 aliphatic carbocycles. The number of carbonyl (C=O) groups is 1. The van der Waals surface area contributed by atoms with Crippen molar-refractivity contribution in [1.29, 1.82) is 0 Å². The zero-order chi connectivity index (χ0) is 13.0. The average Bonchev–Trinajstić information content (AvgIpc) is 2.46. The van der Waals surface area contributed by atoms with Gasteiger partial charge in [0.15, 0.2) is 5.78 Å². The van der Waals surface area contributed by atoms with E-state index in [1.165, 1.54) is 0 Å². The van der Waals surface area contributed by atoms with Gasteiger partial charge in [0.25, 0.3) is 0 Å². The summed E-state index contributed by atoms with van der Waals surface area (Å²) in [6, 6.07) is 7.53. The Kier molecular flexibility index (Phi) is 3.79. The highest BCUT2D eigenvalue weighted by Gasteiger charge is 2.20. The van der Waals surface area contributed by atoms with E-state index in [0.29, 0.717) is 5.56 Å². The van der Waals surface area contributed by atoms with Crippen LogP contribution in [0.5, 0.6) is 0 Å². The molecule has 1 nitrogen and oxygen atoms in total. The van der Waals surface area contributed by atoms with E-state index >= 15 is 0 Å². The molecule has 0 spiro atoms. The van der Waals surface area contributed by atoms with Gasteiger partial charge in [-0.05, 0) is 31.2 Å². The summed E-state index contributed by atoms with van der Waals surface area (Å²) in [5.41, 5.74) is 3.28. The van der Waals surface area contributed by atoms with Crippen molar-refractivity contribution in [3.63, 3.8) is 0 Å². The van der Waals surface area contributed by atoms with Crippen LogP contribution in [-0.4, -0.2) is 5.78 Å².